The second kappa shape index (κ2) is 8.48. The van der Waals surface area contributed by atoms with Crippen molar-refractivity contribution in [2.24, 2.45) is 5.10 Å². The van der Waals surface area contributed by atoms with Crippen molar-refractivity contribution in [1.82, 2.24) is 9.55 Å². The lowest BCUT2D eigenvalue weighted by molar-refractivity contribution is 0.402. The zero-order valence-corrected chi connectivity index (χ0v) is 16.6. The molecular weight excluding hydrogens is 380 g/mol. The van der Waals surface area contributed by atoms with Crippen molar-refractivity contribution in [3.05, 3.63) is 88.7 Å². The Morgan fingerprint density at radius 1 is 0.967 bits per heavy atom. The number of ether oxygens (including phenoxy) is 2. The molecule has 0 aliphatic heterocycles. The van der Waals surface area contributed by atoms with E-state index in [4.69, 9.17) is 9.47 Å². The van der Waals surface area contributed by atoms with E-state index in [-0.39, 0.29) is 5.56 Å². The second-order valence-corrected chi connectivity index (χ2v) is 6.41. The molecule has 7 nitrogen and oxygen atoms in total. The normalized spacial score (nSPS) is 11.0. The maximum absolute atomic E-state index is 13.2. The zero-order chi connectivity index (χ0) is 20.9. The predicted octanol–water partition coefficient (Wildman–Crippen LogP) is 3.85. The average molecular weight is 400 g/mol. The maximum Gasteiger partial charge on any atom is 0.267 e. The Bertz CT molecular complexity index is 1270. The van der Waals surface area contributed by atoms with Crippen LogP contribution < -0.4 is 20.5 Å². The van der Waals surface area contributed by atoms with Crippen molar-refractivity contribution in [2.75, 3.05) is 19.6 Å². The summed E-state index contributed by atoms with van der Waals surface area (Å²) in [5, 5.41) is 4.83. The number of aromatic nitrogens is 2. The van der Waals surface area contributed by atoms with Crippen molar-refractivity contribution in [3.63, 3.8) is 0 Å². The third-order valence-electron chi connectivity index (χ3n) is 4.60. The molecule has 0 unspecified atom stereocenters. The molecule has 0 fully saturated rings. The lowest BCUT2D eigenvalue weighted by Crippen LogP contribution is -2.22. The highest BCUT2D eigenvalue weighted by Crippen LogP contribution is 2.22. The predicted molar refractivity (Wildman–Crippen MR) is 118 cm³/mol. The summed E-state index contributed by atoms with van der Waals surface area (Å²) >= 11 is 0. The molecular formula is C23H20N4O3. The highest BCUT2D eigenvalue weighted by molar-refractivity contribution is 5.85. The monoisotopic (exact) mass is 400 g/mol. The van der Waals surface area contributed by atoms with Gasteiger partial charge in [0.15, 0.2) is 0 Å². The third kappa shape index (κ3) is 3.73. The van der Waals surface area contributed by atoms with Crippen LogP contribution in [0.2, 0.25) is 0 Å². The van der Waals surface area contributed by atoms with Crippen LogP contribution in [0.4, 0.5) is 5.95 Å². The van der Waals surface area contributed by atoms with Crippen molar-refractivity contribution in [3.8, 4) is 17.2 Å². The summed E-state index contributed by atoms with van der Waals surface area (Å²) in [6, 6.07) is 22.0. The van der Waals surface area contributed by atoms with Gasteiger partial charge in [-0.1, -0.05) is 30.3 Å². The highest BCUT2D eigenvalue weighted by atomic mass is 16.5. The Morgan fingerprint density at radius 3 is 2.50 bits per heavy atom. The first kappa shape index (κ1) is 19.2. The minimum atomic E-state index is -0.177. The van der Waals surface area contributed by atoms with Crippen molar-refractivity contribution in [1.29, 1.82) is 0 Å². The smallest absolute Gasteiger partial charge is 0.267 e. The van der Waals surface area contributed by atoms with Crippen LogP contribution in [-0.4, -0.2) is 30.0 Å². The van der Waals surface area contributed by atoms with Crippen LogP contribution in [0, 0.1) is 0 Å². The fourth-order valence-electron chi connectivity index (χ4n) is 3.12. The first-order valence-electron chi connectivity index (χ1n) is 9.29. The summed E-state index contributed by atoms with van der Waals surface area (Å²) in [4.78, 5) is 17.8. The molecule has 7 heteroatoms. The number of anilines is 1. The van der Waals surface area contributed by atoms with Gasteiger partial charge in [-0.2, -0.15) is 5.10 Å². The van der Waals surface area contributed by atoms with Gasteiger partial charge in [0.25, 0.3) is 5.56 Å². The second-order valence-electron chi connectivity index (χ2n) is 6.41. The van der Waals surface area contributed by atoms with Crippen LogP contribution in [0.3, 0.4) is 0 Å². The van der Waals surface area contributed by atoms with E-state index >= 15 is 0 Å². The number of nitrogens with zero attached hydrogens (tertiary/aromatic N) is 3. The van der Waals surface area contributed by atoms with Crippen LogP contribution in [-0.2, 0) is 0 Å². The summed E-state index contributed by atoms with van der Waals surface area (Å²) in [6.45, 7) is 0. The number of hydrogen-bond acceptors (Lipinski definition) is 6. The van der Waals surface area contributed by atoms with Gasteiger partial charge in [-0.15, -0.1) is 0 Å². The molecule has 0 atom stereocenters. The number of rotatable bonds is 6. The molecule has 0 aliphatic rings. The van der Waals surface area contributed by atoms with Crippen LogP contribution in [0.5, 0.6) is 11.5 Å². The van der Waals surface area contributed by atoms with Crippen molar-refractivity contribution >= 4 is 23.1 Å². The molecule has 0 saturated heterocycles. The molecule has 0 saturated carbocycles. The van der Waals surface area contributed by atoms with Gasteiger partial charge in [-0.05, 0) is 42.5 Å². The first-order valence-corrected chi connectivity index (χ1v) is 9.29. The molecule has 1 aromatic heterocycles. The van der Waals surface area contributed by atoms with Gasteiger partial charge in [-0.25, -0.2) is 15.0 Å². The largest absolute Gasteiger partial charge is 0.497 e. The van der Waals surface area contributed by atoms with Crippen LogP contribution >= 0.6 is 0 Å². The van der Waals surface area contributed by atoms with Gasteiger partial charge in [0.2, 0.25) is 5.95 Å². The number of hydrogen-bond donors (Lipinski definition) is 1. The Morgan fingerprint density at radius 2 is 1.73 bits per heavy atom. The topological polar surface area (TPSA) is 77.7 Å². The van der Waals surface area contributed by atoms with Gasteiger partial charge in [0.1, 0.15) is 11.5 Å². The molecule has 4 rings (SSSR count). The SMILES string of the molecule is COc1ccc(OC)c(/C=N/Nc2nc3ccccc3c(=O)n2-c2ccccc2)c1. The molecule has 0 aliphatic carbocycles. The molecule has 150 valence electrons. The first-order chi connectivity index (χ1) is 14.7. The van der Waals surface area contributed by atoms with Gasteiger partial charge in [0.05, 0.1) is 37.0 Å². The average Bonchev–Trinajstić information content (AvgIpc) is 2.79. The van der Waals surface area contributed by atoms with Gasteiger partial charge < -0.3 is 9.47 Å². The van der Waals surface area contributed by atoms with E-state index < -0.39 is 0 Å². The summed E-state index contributed by atoms with van der Waals surface area (Å²) in [7, 11) is 3.18. The molecule has 0 spiro atoms. The number of methoxy groups -OCH3 is 2. The summed E-state index contributed by atoms with van der Waals surface area (Å²) in [6.07, 6.45) is 1.60. The van der Waals surface area contributed by atoms with Crippen molar-refractivity contribution < 1.29 is 9.47 Å². The van der Waals surface area contributed by atoms with E-state index in [1.165, 1.54) is 4.57 Å². The van der Waals surface area contributed by atoms with E-state index in [1.807, 2.05) is 54.6 Å². The molecule has 1 heterocycles. The van der Waals surface area contributed by atoms with Crippen LogP contribution in [0.25, 0.3) is 16.6 Å². The Balaban J connectivity index is 1.78. The van der Waals surface area contributed by atoms with Crippen molar-refractivity contribution in [2.45, 2.75) is 0 Å². The van der Waals surface area contributed by atoms with E-state index in [1.54, 1.807) is 38.6 Å². The number of para-hydroxylation sites is 2. The molecule has 0 radical (unpaired) electrons. The fraction of sp³-hybridized carbons (Fsp3) is 0.0870. The fourth-order valence-corrected chi connectivity index (χ4v) is 3.12. The molecule has 1 N–H and O–H groups in total. The standard InChI is InChI=1S/C23H20N4O3/c1-29-18-12-13-21(30-2)16(14-18)15-24-26-23-25-20-11-7-6-10-19(20)22(28)27(23)17-8-4-3-5-9-17/h3-15H,1-2H3,(H,25,26)/b24-15+. The Labute approximate surface area is 173 Å². The van der Waals surface area contributed by atoms with E-state index in [9.17, 15) is 4.79 Å². The van der Waals surface area contributed by atoms with Gasteiger partial charge >= 0.3 is 0 Å². The Kier molecular flexibility index (Phi) is 5.43. The van der Waals surface area contributed by atoms with E-state index in [2.05, 4.69) is 15.5 Å². The lowest BCUT2D eigenvalue weighted by atomic mass is 10.2. The zero-order valence-electron chi connectivity index (χ0n) is 16.6. The highest BCUT2D eigenvalue weighted by Gasteiger charge is 2.12. The molecule has 0 amide bonds. The summed E-state index contributed by atoms with van der Waals surface area (Å²) < 4.78 is 12.1. The Hall–Kier alpha value is -4.13. The quantitative estimate of drug-likeness (QED) is 0.393. The van der Waals surface area contributed by atoms with Crippen LogP contribution in [0.1, 0.15) is 5.56 Å². The van der Waals surface area contributed by atoms with E-state index in [0.717, 1.165) is 5.56 Å². The minimum absolute atomic E-state index is 0.177. The lowest BCUT2D eigenvalue weighted by Gasteiger charge is -2.13. The number of hydrazone groups is 1. The number of benzene rings is 3. The molecule has 4 aromatic rings. The summed E-state index contributed by atoms with van der Waals surface area (Å²) in [5.41, 5.74) is 4.73. The number of nitrogens with one attached hydrogen (secondary N) is 1. The third-order valence-corrected chi connectivity index (χ3v) is 4.60. The maximum atomic E-state index is 13.2. The minimum Gasteiger partial charge on any atom is -0.497 e. The molecule has 30 heavy (non-hydrogen) atoms. The van der Waals surface area contributed by atoms with Gasteiger partial charge in [-0.3, -0.25) is 4.79 Å². The van der Waals surface area contributed by atoms with Gasteiger partial charge in [0, 0.05) is 5.56 Å². The van der Waals surface area contributed by atoms with E-state index in [0.29, 0.717) is 34.0 Å². The van der Waals surface area contributed by atoms with Crippen LogP contribution in [0.15, 0.2) is 82.7 Å². The molecule has 3 aromatic carbocycles. The summed E-state index contributed by atoms with van der Waals surface area (Å²) in [5.74, 6) is 1.64. The molecule has 0 bridgehead atoms. The number of fused-ring (bicyclic) bond motifs is 1.